The van der Waals surface area contributed by atoms with Gasteiger partial charge in [0.15, 0.2) is 0 Å². The number of fused-ring (bicyclic) bond motifs is 3. The number of hydrogen-bond acceptors (Lipinski definition) is 13. The maximum absolute atomic E-state index is 15.5. The number of halogens is 8. The molecular weight excluding hydrogens is 1430 g/mol. The van der Waals surface area contributed by atoms with E-state index >= 15 is 37.5 Å². The van der Waals surface area contributed by atoms with E-state index < -0.39 is 222 Å². The molecule has 0 aromatic heterocycles. The van der Waals surface area contributed by atoms with Crippen LogP contribution in [0.1, 0.15) is 147 Å². The molecule has 25 nitrogen and oxygen atoms in total. The van der Waals surface area contributed by atoms with Crippen molar-refractivity contribution in [3.63, 3.8) is 0 Å². The first-order valence-corrected chi connectivity index (χ1v) is 36.8. The molecule has 2 saturated heterocycles. The first-order valence-electron chi connectivity index (χ1n) is 36.8. The molecule has 2 aromatic rings. The van der Waals surface area contributed by atoms with Crippen LogP contribution in [-0.2, 0) is 87.5 Å². The number of alkyl halides is 6. The van der Waals surface area contributed by atoms with E-state index in [1.807, 2.05) is 0 Å². The monoisotopic (exact) mass is 1530 g/mol. The van der Waals surface area contributed by atoms with Crippen LogP contribution >= 0.6 is 0 Å². The van der Waals surface area contributed by atoms with Gasteiger partial charge in [0, 0.05) is 88.9 Å². The van der Waals surface area contributed by atoms with Gasteiger partial charge in [0.25, 0.3) is 0 Å². The molecule has 108 heavy (non-hydrogen) atoms. The van der Waals surface area contributed by atoms with Crippen molar-refractivity contribution in [2.45, 2.75) is 210 Å². The Morgan fingerprint density at radius 3 is 1.84 bits per heavy atom. The molecule has 0 unspecified atom stereocenters. The Labute approximate surface area is 625 Å². The Morgan fingerprint density at radius 1 is 0.667 bits per heavy atom. The van der Waals surface area contributed by atoms with Crippen molar-refractivity contribution < 1.29 is 97.4 Å². The number of ether oxygens (including phenoxy) is 1. The van der Waals surface area contributed by atoms with Crippen molar-refractivity contribution in [1.29, 1.82) is 0 Å². The lowest BCUT2D eigenvalue weighted by Crippen LogP contribution is -2.68. The molecule has 598 valence electrons. The van der Waals surface area contributed by atoms with E-state index in [0.29, 0.717) is 50.7 Å². The summed E-state index contributed by atoms with van der Waals surface area (Å²) in [6.07, 6.45) is -7.45. The Hall–Kier alpha value is -8.78. The molecule has 10 atom stereocenters. The van der Waals surface area contributed by atoms with Gasteiger partial charge in [0.05, 0.1) is 31.2 Å². The van der Waals surface area contributed by atoms with Gasteiger partial charge >= 0.3 is 12.4 Å². The molecule has 1 spiro atoms. The highest BCUT2D eigenvalue weighted by atomic mass is 19.4. The average molecular weight is 1530 g/mol. The maximum Gasteiger partial charge on any atom is 0.422 e. The molecule has 2 bridgehead atoms. The van der Waals surface area contributed by atoms with E-state index in [9.17, 15) is 55.1 Å². The first-order chi connectivity index (χ1) is 50.6. The van der Waals surface area contributed by atoms with E-state index in [1.54, 1.807) is 46.8 Å². The van der Waals surface area contributed by atoms with E-state index in [4.69, 9.17) is 4.74 Å². The zero-order valence-electron chi connectivity index (χ0n) is 63.8. The van der Waals surface area contributed by atoms with Gasteiger partial charge in [-0.15, -0.1) is 0 Å². The summed E-state index contributed by atoms with van der Waals surface area (Å²) in [6.45, 7) is 6.52. The third-order valence-electron chi connectivity index (χ3n) is 21.7. The van der Waals surface area contributed by atoms with Gasteiger partial charge in [-0.25, -0.2) is 8.78 Å². The summed E-state index contributed by atoms with van der Waals surface area (Å²) >= 11 is 0. The molecule has 0 radical (unpaired) electrons. The highest BCUT2D eigenvalue weighted by Crippen LogP contribution is 2.40. The van der Waals surface area contributed by atoms with Gasteiger partial charge in [0.2, 0.25) is 70.9 Å². The number of hydrogen-bond donors (Lipinski definition) is 3. The highest BCUT2D eigenvalue weighted by Gasteiger charge is 2.54. The number of aryl methyl sites for hydroxylation is 1. The van der Waals surface area contributed by atoms with Crippen LogP contribution in [0.2, 0.25) is 0 Å². The Kier molecular flexibility index (Phi) is 29.3. The van der Waals surface area contributed by atoms with Crippen molar-refractivity contribution in [1.82, 2.24) is 60.0 Å². The summed E-state index contributed by atoms with van der Waals surface area (Å²) in [4.78, 5) is 190. The molecule has 5 aliphatic rings. The minimum absolute atomic E-state index is 0.0339. The molecule has 3 aliphatic heterocycles. The van der Waals surface area contributed by atoms with Gasteiger partial charge < -0.3 is 64.8 Å². The third kappa shape index (κ3) is 20.6. The van der Waals surface area contributed by atoms with Gasteiger partial charge in [0.1, 0.15) is 71.1 Å². The number of nitrogens with one attached hydrogen (secondary N) is 3. The molecule has 2 saturated carbocycles. The van der Waals surface area contributed by atoms with Crippen molar-refractivity contribution >= 4 is 70.9 Å². The first kappa shape index (κ1) is 86.5. The second-order valence-electron chi connectivity index (χ2n) is 30.0. The van der Waals surface area contributed by atoms with Crippen LogP contribution in [0.15, 0.2) is 48.6 Å². The second kappa shape index (κ2) is 36.6. The summed E-state index contributed by atoms with van der Waals surface area (Å²) < 4.78 is 120. The summed E-state index contributed by atoms with van der Waals surface area (Å²) in [5, 5.41) is 8.26. The molecular formula is C75H104F8N12O13. The largest absolute Gasteiger partial charge is 0.422 e. The molecule has 3 N–H and O–H groups in total. The number of rotatable bonds is 13. The smallest absolute Gasteiger partial charge is 0.377 e. The molecule has 12 amide bonds. The normalized spacial score (nSPS) is 26.1. The van der Waals surface area contributed by atoms with Crippen LogP contribution in [0.5, 0.6) is 0 Å². The Morgan fingerprint density at radius 2 is 1.29 bits per heavy atom. The van der Waals surface area contributed by atoms with Crippen LogP contribution in [0.25, 0.3) is 0 Å². The third-order valence-corrected chi connectivity index (χ3v) is 21.7. The van der Waals surface area contributed by atoms with Gasteiger partial charge in [-0.3, -0.25) is 57.5 Å². The summed E-state index contributed by atoms with van der Waals surface area (Å²) in [6, 6.07) is -7.32. The lowest BCUT2D eigenvalue weighted by atomic mass is 9.74. The summed E-state index contributed by atoms with van der Waals surface area (Å²) in [7, 11) is 10.7. The summed E-state index contributed by atoms with van der Waals surface area (Å²) in [5.41, 5.74) is -5.25. The fourth-order valence-corrected chi connectivity index (χ4v) is 15.0. The molecule has 2 aliphatic carbocycles. The number of nitrogens with zero attached hydrogens (tertiary/aromatic N) is 9. The van der Waals surface area contributed by atoms with E-state index in [-0.39, 0.29) is 69.7 Å². The van der Waals surface area contributed by atoms with Crippen molar-refractivity contribution in [3.8, 4) is 0 Å². The van der Waals surface area contributed by atoms with Crippen LogP contribution in [0.3, 0.4) is 0 Å². The van der Waals surface area contributed by atoms with Gasteiger partial charge in [-0.05, 0) is 124 Å². The van der Waals surface area contributed by atoms with Gasteiger partial charge in [-0.1, -0.05) is 71.2 Å². The molecule has 2 aromatic carbocycles. The number of benzene rings is 2. The second-order valence-corrected chi connectivity index (χ2v) is 30.0. The molecule has 4 fully saturated rings. The van der Waals surface area contributed by atoms with Crippen LogP contribution in [0, 0.1) is 29.4 Å². The molecule has 3 heterocycles. The fraction of sp³-hybridized carbons (Fsp3) is 0.653. The quantitative estimate of drug-likeness (QED) is 0.160. The van der Waals surface area contributed by atoms with Crippen molar-refractivity contribution in [3.05, 3.63) is 82.4 Å². The zero-order valence-corrected chi connectivity index (χ0v) is 63.8. The SMILES string of the molecule is CCO[C@@H]1C[C@H]2C(=O)NC3(CCC3)C(=O)N(C)[C@@H](C3CCCC3)C(=O)N(C)[C@H](C(=O)N(C)C)CC(=O)N(C)[C@@H](CC(C)C)C(=O)N[C@@H]([C@@H](C)CC)C(=O)N(C)CC(=O)N(C)[C@H]3C/C=C\CCN(C3=O)[C@@H](Cc3ccc(C(F)(F)F)cc3)C(=O)N(C)CC(=O)N[C@H](CCc3cc(F)c(C(F)(F)F)c(F)c3)C(=O)N2C1. The average Bonchev–Trinajstić information content (AvgIpc) is 1.18. The summed E-state index contributed by atoms with van der Waals surface area (Å²) in [5.74, 6) is -15.4. The van der Waals surface area contributed by atoms with Crippen LogP contribution < -0.4 is 16.0 Å². The lowest BCUT2D eigenvalue weighted by molar-refractivity contribution is -0.158. The lowest BCUT2D eigenvalue weighted by Gasteiger charge is -2.46. The number of carbonyl (C=O) groups excluding carboxylic acids is 12. The number of likely N-dealkylation sites (N-methyl/N-ethyl adjacent to an activating group) is 7. The van der Waals surface area contributed by atoms with Crippen molar-refractivity contribution in [2.75, 3.05) is 89.2 Å². The molecule has 33 heteroatoms. The number of carbonyl (C=O) groups is 12. The topological polar surface area (TPSA) is 279 Å². The maximum atomic E-state index is 15.5. The van der Waals surface area contributed by atoms with Gasteiger partial charge in [-0.2, -0.15) is 26.3 Å². The predicted molar refractivity (Wildman–Crippen MR) is 379 cm³/mol. The minimum atomic E-state index is -5.46. The van der Waals surface area contributed by atoms with Crippen molar-refractivity contribution in [2.24, 2.45) is 17.8 Å². The standard InChI is InChI=1S/C75H104F8N12O13/c1-14-44(5)62-70(105)89(9)42-60(98)90(10)53-24-17-16-20-33-94(69(53)104)57(37-45-25-28-48(29-26-45)74(78,79)80)68(103)88(8)41-58(96)84-52(30-27-46-35-50(76)61(51(77)36-46)75(81,82)83)66(101)95-40-49(108-15-2)38-55(95)65(100)86-73(31-21-32-73)72(107)93(13)63(47-22-18-19-23-47)71(106)92(12)56(67(102)87(6)7)39-59(97)91(11)54(34-43(3)4)64(99)85-62/h16-17,25-26,28-29,35-36,43-44,47,49,52-57,62-63H,14-15,18-24,27,30-34,37-42H2,1-13H3,(H,84,96)(H,85,99)(H,86,100)/b17-16-/t44-,49+,52+,53-,54-,55-,56-,57-,62-,63-/m0/s1. The highest BCUT2D eigenvalue weighted by molar-refractivity contribution is 6.01. The predicted octanol–water partition coefficient (Wildman–Crippen LogP) is 5.74. The van der Waals surface area contributed by atoms with E-state index in [1.165, 1.54) is 59.1 Å². The zero-order chi connectivity index (χ0) is 80.4. The Balaban J connectivity index is 1.35. The van der Waals surface area contributed by atoms with Crippen LogP contribution in [-0.4, -0.2) is 264 Å². The molecule has 7 rings (SSSR count). The fourth-order valence-electron chi connectivity index (χ4n) is 15.0. The number of amides is 12. The minimum Gasteiger partial charge on any atom is -0.377 e. The van der Waals surface area contributed by atoms with E-state index in [0.717, 1.165) is 65.6 Å². The van der Waals surface area contributed by atoms with E-state index in [2.05, 4.69) is 16.0 Å². The Bertz CT molecular complexity index is 3640. The van der Waals surface area contributed by atoms with Crippen LogP contribution in [0.4, 0.5) is 35.1 Å².